The summed E-state index contributed by atoms with van der Waals surface area (Å²) in [7, 11) is 0. The standard InChI is InChI=1S/C14H16O/c15-10-2-1-5-12-6-3-9-14(11-12)13-7-4-8-13/h3,6,9,11,13,15H,2,4,7-8,10H2. The molecule has 1 saturated carbocycles. The highest BCUT2D eigenvalue weighted by atomic mass is 16.2. The Kier molecular flexibility index (Phi) is 3.42. The molecule has 0 bridgehead atoms. The molecule has 0 unspecified atom stereocenters. The number of hydrogen-bond acceptors (Lipinski definition) is 1. The van der Waals surface area contributed by atoms with Gasteiger partial charge in [-0.05, 0) is 36.5 Å². The third-order valence-corrected chi connectivity index (χ3v) is 2.93. The average Bonchev–Trinajstić information content (AvgIpc) is 2.16. The van der Waals surface area contributed by atoms with Gasteiger partial charge in [0, 0.05) is 12.0 Å². The smallest absolute Gasteiger partial charge is 0.0540 e. The van der Waals surface area contributed by atoms with Crippen molar-refractivity contribution < 1.29 is 5.11 Å². The summed E-state index contributed by atoms with van der Waals surface area (Å²) in [5.74, 6) is 6.80. The Hall–Kier alpha value is -1.26. The van der Waals surface area contributed by atoms with Crippen molar-refractivity contribution in [3.05, 3.63) is 35.4 Å². The Morgan fingerprint density at radius 3 is 2.87 bits per heavy atom. The fourth-order valence-electron chi connectivity index (χ4n) is 1.83. The molecular formula is C14H16O. The number of hydrogen-bond donors (Lipinski definition) is 1. The van der Waals surface area contributed by atoms with Crippen LogP contribution in [0.5, 0.6) is 0 Å². The average molecular weight is 200 g/mol. The molecule has 1 aliphatic carbocycles. The van der Waals surface area contributed by atoms with E-state index in [0.29, 0.717) is 6.42 Å². The summed E-state index contributed by atoms with van der Waals surface area (Å²) in [6.07, 6.45) is 4.58. The molecule has 0 aliphatic heterocycles. The van der Waals surface area contributed by atoms with Gasteiger partial charge in [-0.25, -0.2) is 0 Å². The van der Waals surface area contributed by atoms with Gasteiger partial charge in [-0.15, -0.1) is 0 Å². The van der Waals surface area contributed by atoms with Crippen molar-refractivity contribution in [3.8, 4) is 11.8 Å². The molecule has 1 aromatic rings. The summed E-state index contributed by atoms with van der Waals surface area (Å²) in [6, 6.07) is 8.50. The third-order valence-electron chi connectivity index (χ3n) is 2.93. The lowest BCUT2D eigenvalue weighted by Gasteiger charge is -2.25. The molecule has 1 heteroatoms. The van der Waals surface area contributed by atoms with Gasteiger partial charge in [0.05, 0.1) is 6.61 Å². The van der Waals surface area contributed by atoms with Gasteiger partial charge in [-0.2, -0.15) is 0 Å². The van der Waals surface area contributed by atoms with Crippen LogP contribution in [0.4, 0.5) is 0 Å². The van der Waals surface area contributed by atoms with Gasteiger partial charge in [0.25, 0.3) is 0 Å². The second-order valence-electron chi connectivity index (χ2n) is 4.03. The first-order chi connectivity index (χ1) is 7.40. The topological polar surface area (TPSA) is 20.2 Å². The van der Waals surface area contributed by atoms with Crippen LogP contribution in [0.25, 0.3) is 0 Å². The van der Waals surface area contributed by atoms with Crippen LogP contribution in [0.3, 0.4) is 0 Å². The van der Waals surface area contributed by atoms with Crippen LogP contribution in [0.2, 0.25) is 0 Å². The molecule has 1 N–H and O–H groups in total. The first-order valence-electron chi connectivity index (χ1n) is 5.60. The van der Waals surface area contributed by atoms with E-state index in [-0.39, 0.29) is 6.61 Å². The first kappa shape index (κ1) is 10.3. The highest BCUT2D eigenvalue weighted by Crippen LogP contribution is 2.36. The van der Waals surface area contributed by atoms with Crippen LogP contribution in [0.15, 0.2) is 24.3 Å². The second kappa shape index (κ2) is 5.00. The predicted molar refractivity (Wildman–Crippen MR) is 61.6 cm³/mol. The molecule has 0 atom stereocenters. The molecular weight excluding hydrogens is 184 g/mol. The molecule has 15 heavy (non-hydrogen) atoms. The maximum Gasteiger partial charge on any atom is 0.0540 e. The largest absolute Gasteiger partial charge is 0.395 e. The zero-order valence-electron chi connectivity index (χ0n) is 8.87. The van der Waals surface area contributed by atoms with Gasteiger partial charge >= 0.3 is 0 Å². The van der Waals surface area contributed by atoms with E-state index in [1.54, 1.807) is 0 Å². The van der Waals surface area contributed by atoms with E-state index in [0.717, 1.165) is 11.5 Å². The van der Waals surface area contributed by atoms with Crippen molar-refractivity contribution in [2.45, 2.75) is 31.6 Å². The molecule has 1 fully saturated rings. The van der Waals surface area contributed by atoms with Crippen LogP contribution in [0.1, 0.15) is 42.7 Å². The number of aliphatic hydroxyl groups is 1. The second-order valence-corrected chi connectivity index (χ2v) is 4.03. The number of aliphatic hydroxyl groups excluding tert-OH is 1. The lowest BCUT2D eigenvalue weighted by molar-refractivity contribution is 0.305. The van der Waals surface area contributed by atoms with Crippen LogP contribution >= 0.6 is 0 Å². The van der Waals surface area contributed by atoms with Crippen LogP contribution < -0.4 is 0 Å². The minimum absolute atomic E-state index is 0.148. The summed E-state index contributed by atoms with van der Waals surface area (Å²) in [5, 5.41) is 8.63. The first-order valence-corrected chi connectivity index (χ1v) is 5.60. The monoisotopic (exact) mass is 200 g/mol. The van der Waals surface area contributed by atoms with Gasteiger partial charge in [-0.3, -0.25) is 0 Å². The van der Waals surface area contributed by atoms with Crippen molar-refractivity contribution >= 4 is 0 Å². The Morgan fingerprint density at radius 2 is 2.20 bits per heavy atom. The normalized spacial score (nSPS) is 15.3. The molecule has 0 radical (unpaired) electrons. The zero-order valence-corrected chi connectivity index (χ0v) is 8.87. The summed E-state index contributed by atoms with van der Waals surface area (Å²) < 4.78 is 0. The SMILES string of the molecule is OCCC#Cc1cccc(C2CCC2)c1. The molecule has 78 valence electrons. The Balaban J connectivity index is 2.09. The summed E-state index contributed by atoms with van der Waals surface area (Å²) in [5.41, 5.74) is 2.50. The maximum atomic E-state index is 8.63. The van der Waals surface area contributed by atoms with E-state index in [1.807, 2.05) is 6.07 Å². The lowest BCUT2D eigenvalue weighted by atomic mass is 9.80. The van der Waals surface area contributed by atoms with Crippen molar-refractivity contribution in [2.75, 3.05) is 6.61 Å². The van der Waals surface area contributed by atoms with Crippen LogP contribution in [0, 0.1) is 11.8 Å². The number of rotatable bonds is 2. The quantitative estimate of drug-likeness (QED) is 0.728. The summed E-state index contributed by atoms with van der Waals surface area (Å²) in [6.45, 7) is 0.148. The molecule has 0 spiro atoms. The predicted octanol–water partition coefficient (Wildman–Crippen LogP) is 2.69. The fraction of sp³-hybridized carbons (Fsp3) is 0.429. The van der Waals surface area contributed by atoms with Crippen LogP contribution in [-0.4, -0.2) is 11.7 Å². The molecule has 0 aromatic heterocycles. The minimum atomic E-state index is 0.148. The Labute approximate surface area is 91.1 Å². The van der Waals surface area contributed by atoms with E-state index in [2.05, 4.69) is 30.0 Å². The molecule has 1 aromatic carbocycles. The lowest BCUT2D eigenvalue weighted by Crippen LogP contribution is -2.08. The molecule has 1 nitrogen and oxygen atoms in total. The molecule has 0 amide bonds. The van der Waals surface area contributed by atoms with Crippen molar-refractivity contribution in [1.29, 1.82) is 0 Å². The van der Waals surface area contributed by atoms with Gasteiger partial charge in [0.1, 0.15) is 0 Å². The van der Waals surface area contributed by atoms with Gasteiger partial charge in [0.15, 0.2) is 0 Å². The van der Waals surface area contributed by atoms with E-state index >= 15 is 0 Å². The molecule has 0 saturated heterocycles. The Bertz CT molecular complexity index is 380. The third kappa shape index (κ3) is 2.61. The summed E-state index contributed by atoms with van der Waals surface area (Å²) in [4.78, 5) is 0. The minimum Gasteiger partial charge on any atom is -0.395 e. The van der Waals surface area contributed by atoms with E-state index in [9.17, 15) is 0 Å². The van der Waals surface area contributed by atoms with Crippen molar-refractivity contribution in [1.82, 2.24) is 0 Å². The Morgan fingerprint density at radius 1 is 1.33 bits per heavy atom. The van der Waals surface area contributed by atoms with Gasteiger partial charge in [-0.1, -0.05) is 30.4 Å². The summed E-state index contributed by atoms with van der Waals surface area (Å²) >= 11 is 0. The van der Waals surface area contributed by atoms with Crippen LogP contribution in [-0.2, 0) is 0 Å². The molecule has 0 heterocycles. The molecule has 2 rings (SSSR count). The van der Waals surface area contributed by atoms with Gasteiger partial charge < -0.3 is 5.11 Å². The number of benzene rings is 1. The van der Waals surface area contributed by atoms with E-state index in [1.165, 1.54) is 24.8 Å². The van der Waals surface area contributed by atoms with E-state index in [4.69, 9.17) is 5.11 Å². The van der Waals surface area contributed by atoms with E-state index < -0.39 is 0 Å². The van der Waals surface area contributed by atoms with Crippen molar-refractivity contribution in [3.63, 3.8) is 0 Å². The van der Waals surface area contributed by atoms with Gasteiger partial charge in [0.2, 0.25) is 0 Å². The maximum absolute atomic E-state index is 8.63. The fourth-order valence-corrected chi connectivity index (χ4v) is 1.83. The highest BCUT2D eigenvalue weighted by molar-refractivity contribution is 5.38. The molecule has 1 aliphatic rings. The highest BCUT2D eigenvalue weighted by Gasteiger charge is 2.18. The van der Waals surface area contributed by atoms with Crippen molar-refractivity contribution in [2.24, 2.45) is 0 Å². The zero-order chi connectivity index (χ0) is 10.5.